The van der Waals surface area contributed by atoms with Gasteiger partial charge in [-0.05, 0) is 43.3 Å². The van der Waals surface area contributed by atoms with Crippen molar-refractivity contribution in [1.29, 1.82) is 0 Å². The molecule has 0 aliphatic rings. The molecule has 4 rings (SSSR count). The summed E-state index contributed by atoms with van der Waals surface area (Å²) in [7, 11) is -0.924. The van der Waals surface area contributed by atoms with E-state index in [2.05, 4.69) is 0 Å². The van der Waals surface area contributed by atoms with Crippen LogP contribution in [-0.2, 0) is 17.2 Å². The largest absolute Gasteiger partial charge is 0.744 e. The summed E-state index contributed by atoms with van der Waals surface area (Å²) in [6.07, 6.45) is 3.48. The molecular formula is C24H21NO7S. The first-order chi connectivity index (χ1) is 15.6. The number of methoxy groups -OCH3 is 1. The number of ketones is 1. The Bertz CT molecular complexity index is 1470. The molecule has 0 fully saturated rings. The summed E-state index contributed by atoms with van der Waals surface area (Å²) in [5, 5.41) is 0.670. The Morgan fingerprint density at radius 3 is 2.36 bits per heavy atom. The molecule has 0 bridgehead atoms. The number of carbonyl (C=O) groups is 1. The number of hydrogen-bond acceptors (Lipinski definition) is 7. The maximum absolute atomic E-state index is 12.5. The molecule has 8 nitrogen and oxygen atoms in total. The van der Waals surface area contributed by atoms with Gasteiger partial charge in [0.1, 0.15) is 34.1 Å². The molecule has 0 saturated heterocycles. The topological polar surface area (TPSA) is 118 Å². The zero-order valence-corrected chi connectivity index (χ0v) is 19.0. The summed E-state index contributed by atoms with van der Waals surface area (Å²) in [6.45, 7) is 1.82. The first-order valence-electron chi connectivity index (χ1n) is 9.73. The van der Waals surface area contributed by atoms with Crippen molar-refractivity contribution in [3.05, 3.63) is 100 Å². The molecule has 170 valence electrons. The molecule has 9 heteroatoms. The van der Waals surface area contributed by atoms with Gasteiger partial charge in [0.25, 0.3) is 0 Å². The SMILES string of the molecule is COc1ccc2cc(C(=O)c3ccc[n+](C)c3)c(=O)oc2c1.Cc1ccc(S(=O)(=O)[O-])cc1. The van der Waals surface area contributed by atoms with Crippen molar-refractivity contribution in [2.24, 2.45) is 7.05 Å². The van der Waals surface area contributed by atoms with Gasteiger partial charge in [0.05, 0.1) is 17.6 Å². The third-order valence-electron chi connectivity index (χ3n) is 4.70. The second-order valence-corrected chi connectivity index (χ2v) is 8.59. The smallest absolute Gasteiger partial charge is 0.347 e. The Hall–Kier alpha value is -3.82. The molecule has 0 amide bonds. The maximum atomic E-state index is 12.5. The highest BCUT2D eigenvalue weighted by atomic mass is 32.2. The van der Waals surface area contributed by atoms with Gasteiger partial charge in [0.2, 0.25) is 5.78 Å². The number of aryl methyl sites for hydroxylation is 2. The third kappa shape index (κ3) is 5.91. The van der Waals surface area contributed by atoms with Gasteiger partial charge in [0.15, 0.2) is 12.4 Å². The molecule has 0 radical (unpaired) electrons. The average Bonchev–Trinajstić information content (AvgIpc) is 2.78. The molecule has 2 aromatic heterocycles. The molecule has 0 saturated carbocycles. The van der Waals surface area contributed by atoms with Crippen LogP contribution >= 0.6 is 0 Å². The van der Waals surface area contributed by atoms with Crippen LogP contribution in [-0.4, -0.2) is 25.9 Å². The van der Waals surface area contributed by atoms with E-state index in [1.54, 1.807) is 59.3 Å². The van der Waals surface area contributed by atoms with Crippen LogP contribution in [0.15, 0.2) is 87.2 Å². The van der Waals surface area contributed by atoms with Crippen molar-refractivity contribution >= 4 is 26.9 Å². The van der Waals surface area contributed by atoms with Crippen molar-refractivity contribution in [2.45, 2.75) is 11.8 Å². The molecule has 0 aliphatic heterocycles. The highest BCUT2D eigenvalue weighted by Crippen LogP contribution is 2.21. The van der Waals surface area contributed by atoms with E-state index < -0.39 is 15.7 Å². The fourth-order valence-corrected chi connectivity index (χ4v) is 3.43. The van der Waals surface area contributed by atoms with Crippen molar-refractivity contribution in [2.75, 3.05) is 7.11 Å². The molecule has 2 aromatic carbocycles. The first kappa shape index (κ1) is 23.8. The van der Waals surface area contributed by atoms with Crippen LogP contribution in [0.3, 0.4) is 0 Å². The minimum Gasteiger partial charge on any atom is -0.744 e. The number of pyridine rings is 1. The maximum Gasteiger partial charge on any atom is 0.347 e. The Morgan fingerprint density at radius 1 is 1.06 bits per heavy atom. The summed E-state index contributed by atoms with van der Waals surface area (Å²) in [5.41, 5.74) is 1.11. The summed E-state index contributed by atoms with van der Waals surface area (Å²) in [6, 6.07) is 15.9. The standard InChI is InChI=1S/C17H14NO4.C7H8O3S/c1-18-7-3-4-12(10-18)16(19)14-8-11-5-6-13(21-2)9-15(11)22-17(14)20;1-6-2-4-7(5-3-6)11(8,9)10/h3-10H,1-2H3;2-5H,1H3,(H,8,9,10)/q+1;/p-1. The van der Waals surface area contributed by atoms with Crippen molar-refractivity contribution in [3.8, 4) is 5.75 Å². The highest BCUT2D eigenvalue weighted by Gasteiger charge is 2.18. The van der Waals surface area contributed by atoms with Gasteiger partial charge in [0, 0.05) is 17.5 Å². The fourth-order valence-electron chi connectivity index (χ4n) is 2.96. The number of ether oxygens (including phenoxy) is 1. The lowest BCUT2D eigenvalue weighted by Crippen LogP contribution is -2.28. The van der Waals surface area contributed by atoms with E-state index in [-0.39, 0.29) is 16.2 Å². The molecule has 2 heterocycles. The van der Waals surface area contributed by atoms with Crippen LogP contribution in [0.1, 0.15) is 21.5 Å². The predicted octanol–water partition coefficient (Wildman–Crippen LogP) is 2.76. The van der Waals surface area contributed by atoms with E-state index in [0.717, 1.165) is 5.56 Å². The molecule has 0 spiro atoms. The van der Waals surface area contributed by atoms with E-state index >= 15 is 0 Å². The lowest BCUT2D eigenvalue weighted by atomic mass is 10.1. The van der Waals surface area contributed by atoms with Gasteiger partial charge in [-0.3, -0.25) is 4.79 Å². The minimum absolute atomic E-state index is 0.0175. The molecule has 4 aromatic rings. The lowest BCUT2D eigenvalue weighted by Gasteiger charge is -2.05. The normalized spacial score (nSPS) is 10.9. The molecule has 0 N–H and O–H groups in total. The molecule has 0 unspecified atom stereocenters. The summed E-state index contributed by atoms with van der Waals surface area (Å²) < 4.78 is 43.3. The molecule has 33 heavy (non-hydrogen) atoms. The third-order valence-corrected chi connectivity index (χ3v) is 5.55. The van der Waals surface area contributed by atoms with E-state index in [4.69, 9.17) is 9.15 Å². The number of carbonyl (C=O) groups excluding carboxylic acids is 1. The summed E-state index contributed by atoms with van der Waals surface area (Å²) in [5.74, 6) is 0.229. The van der Waals surface area contributed by atoms with Gasteiger partial charge in [-0.2, -0.15) is 0 Å². The van der Waals surface area contributed by atoms with Gasteiger partial charge in [-0.1, -0.05) is 17.7 Å². The molecule has 0 aliphatic carbocycles. The summed E-state index contributed by atoms with van der Waals surface area (Å²) >= 11 is 0. The van der Waals surface area contributed by atoms with E-state index in [1.807, 2.05) is 20.2 Å². The number of benzene rings is 2. The number of nitrogens with zero attached hydrogens (tertiary/aromatic N) is 1. The van der Waals surface area contributed by atoms with Crippen molar-refractivity contribution in [3.63, 3.8) is 0 Å². The Kier molecular flexibility index (Phi) is 7.05. The van der Waals surface area contributed by atoms with Gasteiger partial charge >= 0.3 is 5.63 Å². The molecule has 0 atom stereocenters. The highest BCUT2D eigenvalue weighted by molar-refractivity contribution is 7.85. The molecular weight excluding hydrogens is 446 g/mol. The van der Waals surface area contributed by atoms with Crippen LogP contribution in [0.5, 0.6) is 5.75 Å². The zero-order chi connectivity index (χ0) is 24.2. The Balaban J connectivity index is 0.000000235. The number of rotatable bonds is 4. The average molecular weight is 467 g/mol. The Labute approximate surface area is 190 Å². The second-order valence-electron chi connectivity index (χ2n) is 7.21. The van der Waals surface area contributed by atoms with Gasteiger partial charge in [-0.15, -0.1) is 0 Å². The van der Waals surface area contributed by atoms with E-state index in [0.29, 0.717) is 22.3 Å². The van der Waals surface area contributed by atoms with Crippen LogP contribution < -0.4 is 14.9 Å². The van der Waals surface area contributed by atoms with Crippen LogP contribution in [0.4, 0.5) is 0 Å². The van der Waals surface area contributed by atoms with Crippen LogP contribution in [0, 0.1) is 6.92 Å². The van der Waals surface area contributed by atoms with Gasteiger partial charge < -0.3 is 13.7 Å². The predicted molar refractivity (Wildman–Crippen MR) is 119 cm³/mol. The zero-order valence-electron chi connectivity index (χ0n) is 18.1. The Morgan fingerprint density at radius 2 is 1.76 bits per heavy atom. The lowest BCUT2D eigenvalue weighted by molar-refractivity contribution is -0.671. The first-order valence-corrected chi connectivity index (χ1v) is 11.1. The van der Waals surface area contributed by atoms with Crippen molar-refractivity contribution < 1.29 is 31.5 Å². The fraction of sp³-hybridized carbons (Fsp3) is 0.125. The van der Waals surface area contributed by atoms with Crippen LogP contribution in [0.2, 0.25) is 0 Å². The number of aromatic nitrogens is 1. The summed E-state index contributed by atoms with van der Waals surface area (Å²) in [4.78, 5) is 24.4. The number of hydrogen-bond donors (Lipinski definition) is 0. The van der Waals surface area contributed by atoms with E-state index in [1.165, 1.54) is 19.2 Å². The minimum atomic E-state index is -4.27. The van der Waals surface area contributed by atoms with Crippen LogP contribution in [0.25, 0.3) is 11.0 Å². The monoisotopic (exact) mass is 467 g/mol. The second kappa shape index (κ2) is 9.76. The van der Waals surface area contributed by atoms with Gasteiger partial charge in [-0.25, -0.2) is 17.8 Å². The van der Waals surface area contributed by atoms with Crippen molar-refractivity contribution in [1.82, 2.24) is 0 Å². The number of fused-ring (bicyclic) bond motifs is 1. The van der Waals surface area contributed by atoms with E-state index in [9.17, 15) is 22.6 Å². The quantitative estimate of drug-likeness (QED) is 0.196.